The molecule has 0 bridgehead atoms. The zero-order valence-electron chi connectivity index (χ0n) is 12.8. The quantitative estimate of drug-likeness (QED) is 0.865. The first-order chi connectivity index (χ1) is 8.26. The van der Waals surface area contributed by atoms with Gasteiger partial charge in [0.05, 0.1) is 5.69 Å². The molecule has 0 unspecified atom stereocenters. The first kappa shape index (κ1) is 21.5. The van der Waals surface area contributed by atoms with E-state index in [2.05, 4.69) is 10.4 Å². The standard InChI is InChI=1S/C13H24N4O.2ClH/c1-9-11(10(2)17(5)16-9)6-7-12(18)15-13(3,4)8-14;;/h6-8,14H2,1-5H3,(H,15,18);2*1H. The highest BCUT2D eigenvalue weighted by atomic mass is 35.5. The predicted octanol–water partition coefficient (Wildman–Crippen LogP) is 1.67. The molecule has 0 aliphatic carbocycles. The highest BCUT2D eigenvalue weighted by Gasteiger charge is 2.18. The maximum Gasteiger partial charge on any atom is 0.220 e. The van der Waals surface area contributed by atoms with Gasteiger partial charge in [-0.05, 0) is 39.7 Å². The Morgan fingerprint density at radius 2 is 1.90 bits per heavy atom. The number of aromatic nitrogens is 2. The SMILES string of the molecule is Cc1nn(C)c(C)c1CCC(=O)NC(C)(C)CN.Cl.Cl. The minimum atomic E-state index is -0.337. The summed E-state index contributed by atoms with van der Waals surface area (Å²) in [5, 5.41) is 7.28. The molecule has 1 heterocycles. The molecule has 0 aromatic carbocycles. The van der Waals surface area contributed by atoms with Crippen molar-refractivity contribution in [2.45, 2.75) is 46.1 Å². The van der Waals surface area contributed by atoms with E-state index in [1.807, 2.05) is 39.4 Å². The van der Waals surface area contributed by atoms with Gasteiger partial charge in [-0.1, -0.05) is 0 Å². The molecule has 0 aliphatic heterocycles. The Bertz CT molecular complexity index is 444. The minimum Gasteiger partial charge on any atom is -0.350 e. The van der Waals surface area contributed by atoms with E-state index in [9.17, 15) is 4.79 Å². The van der Waals surface area contributed by atoms with Gasteiger partial charge in [0.25, 0.3) is 0 Å². The third kappa shape index (κ3) is 5.69. The topological polar surface area (TPSA) is 72.9 Å². The first-order valence-electron chi connectivity index (χ1n) is 6.27. The van der Waals surface area contributed by atoms with E-state index >= 15 is 0 Å². The van der Waals surface area contributed by atoms with Gasteiger partial charge in [-0.2, -0.15) is 5.10 Å². The van der Waals surface area contributed by atoms with Gasteiger partial charge in [-0.25, -0.2) is 0 Å². The van der Waals surface area contributed by atoms with Gasteiger partial charge in [-0.3, -0.25) is 9.48 Å². The fourth-order valence-corrected chi connectivity index (χ4v) is 1.91. The molecular formula is C13H26Cl2N4O. The van der Waals surface area contributed by atoms with Crippen molar-refractivity contribution < 1.29 is 4.79 Å². The molecule has 0 saturated carbocycles. The first-order valence-corrected chi connectivity index (χ1v) is 6.27. The molecule has 7 heteroatoms. The fourth-order valence-electron chi connectivity index (χ4n) is 1.91. The number of hydrogen-bond donors (Lipinski definition) is 2. The Labute approximate surface area is 133 Å². The summed E-state index contributed by atoms with van der Waals surface area (Å²) in [5.41, 5.74) is 8.54. The van der Waals surface area contributed by atoms with Crippen LogP contribution in [0.15, 0.2) is 0 Å². The number of nitrogens with one attached hydrogen (secondary N) is 1. The van der Waals surface area contributed by atoms with E-state index in [4.69, 9.17) is 5.73 Å². The zero-order chi connectivity index (χ0) is 13.9. The number of carbonyl (C=O) groups is 1. The van der Waals surface area contributed by atoms with Crippen LogP contribution in [0.2, 0.25) is 0 Å². The van der Waals surface area contributed by atoms with Gasteiger partial charge in [0.2, 0.25) is 5.91 Å². The van der Waals surface area contributed by atoms with Crippen LogP contribution in [0.1, 0.15) is 37.2 Å². The van der Waals surface area contributed by atoms with Gasteiger partial charge < -0.3 is 11.1 Å². The Hall–Kier alpha value is -0.780. The lowest BCUT2D eigenvalue weighted by Gasteiger charge is -2.24. The van der Waals surface area contributed by atoms with E-state index in [1.54, 1.807) is 0 Å². The van der Waals surface area contributed by atoms with Crippen LogP contribution in [-0.2, 0) is 18.3 Å². The number of hydrogen-bond acceptors (Lipinski definition) is 3. The predicted molar refractivity (Wildman–Crippen MR) is 86.8 cm³/mol. The Morgan fingerprint density at radius 1 is 1.35 bits per heavy atom. The highest BCUT2D eigenvalue weighted by Crippen LogP contribution is 2.14. The molecule has 20 heavy (non-hydrogen) atoms. The van der Waals surface area contributed by atoms with Crippen molar-refractivity contribution in [2.24, 2.45) is 12.8 Å². The monoisotopic (exact) mass is 324 g/mol. The molecule has 1 aromatic heterocycles. The fraction of sp³-hybridized carbons (Fsp3) is 0.692. The van der Waals surface area contributed by atoms with Crippen molar-refractivity contribution in [1.82, 2.24) is 15.1 Å². The Balaban J connectivity index is 0. The van der Waals surface area contributed by atoms with Gasteiger partial charge >= 0.3 is 0 Å². The second-order valence-electron chi connectivity index (χ2n) is 5.41. The molecule has 0 fully saturated rings. The van der Waals surface area contributed by atoms with Crippen LogP contribution < -0.4 is 11.1 Å². The maximum absolute atomic E-state index is 11.8. The molecule has 0 spiro atoms. The number of carbonyl (C=O) groups excluding carboxylic acids is 1. The van der Waals surface area contributed by atoms with Gasteiger partial charge in [0, 0.05) is 31.2 Å². The summed E-state index contributed by atoms with van der Waals surface area (Å²) in [6, 6.07) is 0. The lowest BCUT2D eigenvalue weighted by Crippen LogP contribution is -2.48. The molecule has 1 amide bonds. The van der Waals surface area contributed by atoms with Crippen molar-refractivity contribution >= 4 is 30.7 Å². The van der Waals surface area contributed by atoms with Crippen LogP contribution in [0.25, 0.3) is 0 Å². The molecule has 1 rings (SSSR count). The smallest absolute Gasteiger partial charge is 0.220 e. The van der Waals surface area contributed by atoms with Crippen LogP contribution >= 0.6 is 24.8 Å². The summed E-state index contributed by atoms with van der Waals surface area (Å²) in [6.45, 7) is 8.28. The normalized spacial score (nSPS) is 10.5. The number of nitrogens with zero attached hydrogens (tertiary/aromatic N) is 2. The molecule has 0 aliphatic rings. The third-order valence-corrected chi connectivity index (χ3v) is 3.25. The van der Waals surface area contributed by atoms with Gasteiger partial charge in [0.1, 0.15) is 0 Å². The second kappa shape index (κ2) is 8.49. The molecule has 1 aromatic rings. The Kier molecular flexibility index (Phi) is 9.14. The molecule has 0 saturated heterocycles. The van der Waals surface area contributed by atoms with E-state index in [0.717, 1.165) is 17.8 Å². The summed E-state index contributed by atoms with van der Waals surface area (Å²) in [5.74, 6) is 0.0353. The number of amides is 1. The zero-order valence-corrected chi connectivity index (χ0v) is 14.5. The lowest BCUT2D eigenvalue weighted by atomic mass is 10.0. The minimum absolute atomic E-state index is 0. The molecular weight excluding hydrogens is 299 g/mol. The van der Waals surface area contributed by atoms with Crippen LogP contribution in [-0.4, -0.2) is 27.8 Å². The molecule has 3 N–H and O–H groups in total. The summed E-state index contributed by atoms with van der Waals surface area (Å²) in [4.78, 5) is 11.8. The van der Waals surface area contributed by atoms with E-state index in [-0.39, 0.29) is 36.3 Å². The maximum atomic E-state index is 11.8. The number of aryl methyl sites for hydroxylation is 2. The summed E-state index contributed by atoms with van der Waals surface area (Å²) in [6.07, 6.45) is 1.19. The summed E-state index contributed by atoms with van der Waals surface area (Å²) >= 11 is 0. The average molecular weight is 325 g/mol. The largest absolute Gasteiger partial charge is 0.350 e. The molecule has 0 radical (unpaired) electrons. The third-order valence-electron chi connectivity index (χ3n) is 3.25. The lowest BCUT2D eigenvalue weighted by molar-refractivity contribution is -0.122. The van der Waals surface area contributed by atoms with Crippen LogP contribution in [0.3, 0.4) is 0 Å². The summed E-state index contributed by atoms with van der Waals surface area (Å²) in [7, 11) is 1.92. The molecule has 118 valence electrons. The van der Waals surface area contributed by atoms with Crippen molar-refractivity contribution in [2.75, 3.05) is 6.54 Å². The molecule has 0 atom stereocenters. The summed E-state index contributed by atoms with van der Waals surface area (Å²) < 4.78 is 1.85. The van der Waals surface area contributed by atoms with E-state index < -0.39 is 0 Å². The van der Waals surface area contributed by atoms with E-state index in [0.29, 0.717) is 13.0 Å². The molecule has 5 nitrogen and oxygen atoms in total. The van der Waals surface area contributed by atoms with Crippen molar-refractivity contribution in [3.05, 3.63) is 17.0 Å². The number of halogens is 2. The van der Waals surface area contributed by atoms with Crippen molar-refractivity contribution in [1.29, 1.82) is 0 Å². The van der Waals surface area contributed by atoms with Crippen molar-refractivity contribution in [3.8, 4) is 0 Å². The second-order valence-corrected chi connectivity index (χ2v) is 5.41. The Morgan fingerprint density at radius 3 is 2.30 bits per heavy atom. The van der Waals surface area contributed by atoms with Gasteiger partial charge in [0.15, 0.2) is 0 Å². The van der Waals surface area contributed by atoms with Crippen LogP contribution in [0.5, 0.6) is 0 Å². The van der Waals surface area contributed by atoms with Crippen molar-refractivity contribution in [3.63, 3.8) is 0 Å². The number of rotatable bonds is 5. The van der Waals surface area contributed by atoms with E-state index in [1.165, 1.54) is 5.56 Å². The highest BCUT2D eigenvalue weighted by molar-refractivity contribution is 5.85. The van der Waals surface area contributed by atoms with Crippen LogP contribution in [0, 0.1) is 13.8 Å². The van der Waals surface area contributed by atoms with Crippen LogP contribution in [0.4, 0.5) is 0 Å². The average Bonchev–Trinajstić information content (AvgIpc) is 2.50. The van der Waals surface area contributed by atoms with Gasteiger partial charge in [-0.15, -0.1) is 24.8 Å². The number of nitrogens with two attached hydrogens (primary N) is 1.